The third-order valence-electron chi connectivity index (χ3n) is 3.93. The van der Waals surface area contributed by atoms with Crippen LogP contribution >= 0.6 is 0 Å². The van der Waals surface area contributed by atoms with Crippen LogP contribution in [0.3, 0.4) is 0 Å². The van der Waals surface area contributed by atoms with Crippen LogP contribution < -0.4 is 10.1 Å². The van der Waals surface area contributed by atoms with E-state index in [4.69, 9.17) is 4.74 Å². The van der Waals surface area contributed by atoms with Crippen molar-refractivity contribution < 1.29 is 9.53 Å². The molecule has 0 unspecified atom stereocenters. The van der Waals surface area contributed by atoms with Crippen LogP contribution in [-0.2, 0) is 6.54 Å². The SMILES string of the molecule is CCCN(Cc1cc(C(C)=O)ccc1OCC)C1CNC1. The molecular formula is C17H26N2O2. The molecule has 4 heteroatoms. The van der Waals surface area contributed by atoms with Crippen molar-refractivity contribution in [2.24, 2.45) is 0 Å². The topological polar surface area (TPSA) is 41.6 Å². The van der Waals surface area contributed by atoms with Crippen molar-refractivity contribution in [1.82, 2.24) is 10.2 Å². The first-order valence-corrected chi connectivity index (χ1v) is 7.87. The molecule has 0 saturated carbocycles. The molecule has 1 saturated heterocycles. The van der Waals surface area contributed by atoms with E-state index in [0.717, 1.165) is 49.5 Å². The fourth-order valence-electron chi connectivity index (χ4n) is 2.65. The Bertz CT molecular complexity index is 484. The highest BCUT2D eigenvalue weighted by atomic mass is 16.5. The van der Waals surface area contributed by atoms with Crippen LogP contribution in [0.4, 0.5) is 0 Å². The van der Waals surface area contributed by atoms with Gasteiger partial charge in [0.15, 0.2) is 5.78 Å². The summed E-state index contributed by atoms with van der Waals surface area (Å²) < 4.78 is 5.73. The van der Waals surface area contributed by atoms with E-state index in [1.807, 2.05) is 25.1 Å². The summed E-state index contributed by atoms with van der Waals surface area (Å²) in [5, 5.41) is 3.33. The normalized spacial score (nSPS) is 15.0. The number of rotatable bonds is 8. The summed E-state index contributed by atoms with van der Waals surface area (Å²) in [5.74, 6) is 1.00. The van der Waals surface area contributed by atoms with Crippen LogP contribution in [0, 0.1) is 0 Å². The first-order valence-electron chi connectivity index (χ1n) is 7.87. The van der Waals surface area contributed by atoms with E-state index in [-0.39, 0.29) is 5.78 Å². The van der Waals surface area contributed by atoms with Crippen molar-refractivity contribution in [1.29, 1.82) is 0 Å². The molecule has 0 spiro atoms. The van der Waals surface area contributed by atoms with Crippen molar-refractivity contribution in [2.45, 2.75) is 39.8 Å². The zero-order valence-corrected chi connectivity index (χ0v) is 13.3. The van der Waals surface area contributed by atoms with Gasteiger partial charge in [0.2, 0.25) is 0 Å². The summed E-state index contributed by atoms with van der Waals surface area (Å²) in [4.78, 5) is 14.1. The van der Waals surface area contributed by atoms with Crippen molar-refractivity contribution in [3.8, 4) is 5.75 Å². The van der Waals surface area contributed by atoms with Gasteiger partial charge >= 0.3 is 0 Å². The van der Waals surface area contributed by atoms with Gasteiger partial charge in [-0.1, -0.05) is 6.92 Å². The highest BCUT2D eigenvalue weighted by Crippen LogP contribution is 2.24. The lowest BCUT2D eigenvalue weighted by atomic mass is 10.0. The Kier molecular flexibility index (Phi) is 5.76. The summed E-state index contributed by atoms with van der Waals surface area (Å²) in [7, 11) is 0. The Morgan fingerprint density at radius 2 is 2.14 bits per heavy atom. The molecule has 1 heterocycles. The molecule has 1 aliphatic rings. The smallest absolute Gasteiger partial charge is 0.159 e. The molecule has 1 aromatic rings. The first-order chi connectivity index (χ1) is 10.2. The molecule has 0 aromatic heterocycles. The Hall–Kier alpha value is -1.39. The van der Waals surface area contributed by atoms with Crippen LogP contribution in [0.15, 0.2) is 18.2 Å². The number of hydrogen-bond acceptors (Lipinski definition) is 4. The molecule has 0 aliphatic carbocycles. The maximum atomic E-state index is 11.6. The number of benzene rings is 1. The molecule has 1 N–H and O–H groups in total. The Morgan fingerprint density at radius 1 is 1.38 bits per heavy atom. The Morgan fingerprint density at radius 3 is 2.67 bits per heavy atom. The summed E-state index contributed by atoms with van der Waals surface area (Å²) in [6.45, 7) is 10.5. The minimum Gasteiger partial charge on any atom is -0.494 e. The molecule has 116 valence electrons. The Labute approximate surface area is 127 Å². The summed E-state index contributed by atoms with van der Waals surface area (Å²) >= 11 is 0. The van der Waals surface area contributed by atoms with Gasteiger partial charge in [0.05, 0.1) is 6.61 Å². The predicted octanol–water partition coefficient (Wildman–Crippen LogP) is 2.47. The van der Waals surface area contributed by atoms with E-state index in [1.54, 1.807) is 6.92 Å². The van der Waals surface area contributed by atoms with Crippen molar-refractivity contribution >= 4 is 5.78 Å². The molecule has 0 radical (unpaired) electrons. The molecule has 21 heavy (non-hydrogen) atoms. The molecule has 0 atom stereocenters. The predicted molar refractivity (Wildman–Crippen MR) is 85.0 cm³/mol. The van der Waals surface area contributed by atoms with Gasteiger partial charge < -0.3 is 10.1 Å². The molecule has 0 amide bonds. The standard InChI is InChI=1S/C17H26N2O2/c1-4-8-19(16-10-18-11-16)12-15-9-14(13(3)20)6-7-17(15)21-5-2/h6-7,9,16,18H,4-5,8,10-12H2,1-3H3. The van der Waals surface area contributed by atoms with Crippen LogP contribution in [-0.4, -0.2) is 43.0 Å². The molecule has 0 bridgehead atoms. The second-order valence-corrected chi connectivity index (χ2v) is 5.59. The van der Waals surface area contributed by atoms with Crippen LogP contribution in [0.5, 0.6) is 5.75 Å². The highest BCUT2D eigenvalue weighted by Gasteiger charge is 2.24. The fourth-order valence-corrected chi connectivity index (χ4v) is 2.65. The van der Waals surface area contributed by atoms with Gasteiger partial charge in [0.25, 0.3) is 0 Å². The van der Waals surface area contributed by atoms with Crippen molar-refractivity contribution in [3.63, 3.8) is 0 Å². The number of nitrogens with zero attached hydrogens (tertiary/aromatic N) is 1. The van der Waals surface area contributed by atoms with Gasteiger partial charge in [-0.3, -0.25) is 9.69 Å². The lowest BCUT2D eigenvalue weighted by Crippen LogP contribution is -2.57. The number of nitrogens with one attached hydrogen (secondary N) is 1. The molecule has 1 aromatic carbocycles. The molecule has 1 aliphatic heterocycles. The van der Waals surface area contributed by atoms with E-state index in [9.17, 15) is 4.79 Å². The van der Waals surface area contributed by atoms with E-state index < -0.39 is 0 Å². The van der Waals surface area contributed by atoms with Gasteiger partial charge in [-0.05, 0) is 45.0 Å². The zero-order valence-electron chi connectivity index (χ0n) is 13.3. The number of carbonyl (C=O) groups excluding carboxylic acids is 1. The minimum absolute atomic E-state index is 0.103. The highest BCUT2D eigenvalue weighted by molar-refractivity contribution is 5.94. The first kappa shape index (κ1) is 16.0. The second kappa shape index (κ2) is 7.57. The molecular weight excluding hydrogens is 264 g/mol. The van der Waals surface area contributed by atoms with E-state index >= 15 is 0 Å². The van der Waals surface area contributed by atoms with E-state index in [1.165, 1.54) is 0 Å². The number of ether oxygens (including phenoxy) is 1. The van der Waals surface area contributed by atoms with Gasteiger partial charge in [0, 0.05) is 36.8 Å². The summed E-state index contributed by atoms with van der Waals surface area (Å²) in [6, 6.07) is 6.37. The quantitative estimate of drug-likeness (QED) is 0.747. The third-order valence-corrected chi connectivity index (χ3v) is 3.93. The maximum Gasteiger partial charge on any atom is 0.159 e. The summed E-state index contributed by atoms with van der Waals surface area (Å²) in [5.41, 5.74) is 1.88. The zero-order chi connectivity index (χ0) is 15.2. The van der Waals surface area contributed by atoms with Crippen molar-refractivity contribution in [3.05, 3.63) is 29.3 Å². The van der Waals surface area contributed by atoms with Gasteiger partial charge in [0.1, 0.15) is 5.75 Å². The van der Waals surface area contributed by atoms with Gasteiger partial charge in [-0.2, -0.15) is 0 Å². The van der Waals surface area contributed by atoms with Gasteiger partial charge in [-0.25, -0.2) is 0 Å². The summed E-state index contributed by atoms with van der Waals surface area (Å²) in [6.07, 6.45) is 1.13. The number of Topliss-reactive ketones (excluding diaryl/α,β-unsaturated/α-hetero) is 1. The maximum absolute atomic E-state index is 11.6. The lowest BCUT2D eigenvalue weighted by molar-refractivity contribution is 0.101. The number of hydrogen-bond donors (Lipinski definition) is 1. The molecule has 2 rings (SSSR count). The van der Waals surface area contributed by atoms with Crippen LogP contribution in [0.25, 0.3) is 0 Å². The molecule has 1 fully saturated rings. The van der Waals surface area contributed by atoms with Crippen molar-refractivity contribution in [2.75, 3.05) is 26.2 Å². The average molecular weight is 290 g/mol. The monoisotopic (exact) mass is 290 g/mol. The minimum atomic E-state index is 0.103. The van der Waals surface area contributed by atoms with E-state index in [0.29, 0.717) is 12.6 Å². The average Bonchev–Trinajstić information content (AvgIpc) is 2.39. The van der Waals surface area contributed by atoms with Gasteiger partial charge in [-0.15, -0.1) is 0 Å². The molecule has 4 nitrogen and oxygen atoms in total. The van der Waals surface area contributed by atoms with Crippen LogP contribution in [0.1, 0.15) is 43.1 Å². The second-order valence-electron chi connectivity index (χ2n) is 5.59. The largest absolute Gasteiger partial charge is 0.494 e. The Balaban J connectivity index is 2.21. The number of carbonyl (C=O) groups is 1. The lowest BCUT2D eigenvalue weighted by Gasteiger charge is -2.38. The van der Waals surface area contributed by atoms with Crippen LogP contribution in [0.2, 0.25) is 0 Å². The fraction of sp³-hybridized carbons (Fsp3) is 0.588. The third kappa shape index (κ3) is 4.05. The number of ketones is 1. The van der Waals surface area contributed by atoms with E-state index in [2.05, 4.69) is 17.1 Å².